The summed E-state index contributed by atoms with van der Waals surface area (Å²) < 4.78 is 15.7. The van der Waals surface area contributed by atoms with Gasteiger partial charge in [0.15, 0.2) is 5.82 Å². The van der Waals surface area contributed by atoms with Crippen LogP contribution >= 0.6 is 11.3 Å². The average Bonchev–Trinajstić information content (AvgIpc) is 2.93. The number of anilines is 1. The molecule has 2 N–H and O–H groups in total. The molecule has 0 saturated carbocycles. The van der Waals surface area contributed by atoms with E-state index in [4.69, 9.17) is 5.73 Å². The van der Waals surface area contributed by atoms with Crippen molar-refractivity contribution >= 4 is 28.3 Å². The molecule has 1 unspecified atom stereocenters. The molecule has 3 rings (SSSR count). The Hall–Kier alpha value is -1.88. The lowest BCUT2D eigenvalue weighted by molar-refractivity contribution is 0.571. The van der Waals surface area contributed by atoms with Gasteiger partial charge in [0.25, 0.3) is 0 Å². The van der Waals surface area contributed by atoms with Crippen LogP contribution in [0.2, 0.25) is 0 Å². The Kier molecular flexibility index (Phi) is 3.22. The zero-order valence-corrected chi connectivity index (χ0v) is 12.2. The summed E-state index contributed by atoms with van der Waals surface area (Å²) in [5.41, 5.74) is 7.07. The zero-order valence-electron chi connectivity index (χ0n) is 11.4. The highest BCUT2D eigenvalue weighted by Gasteiger charge is 2.17. The molecule has 5 heteroatoms. The molecule has 2 heterocycles. The third kappa shape index (κ3) is 2.18. The monoisotopic (exact) mass is 289 g/mol. The van der Waals surface area contributed by atoms with Gasteiger partial charge < -0.3 is 10.3 Å². The normalized spacial score (nSPS) is 12.9. The summed E-state index contributed by atoms with van der Waals surface area (Å²) in [5, 5.41) is 0. The summed E-state index contributed by atoms with van der Waals surface area (Å²) in [6.45, 7) is 4.17. The van der Waals surface area contributed by atoms with Gasteiger partial charge in [0.1, 0.15) is 5.52 Å². The van der Waals surface area contributed by atoms with Crippen LogP contribution in [-0.4, -0.2) is 9.55 Å². The smallest absolute Gasteiger partial charge is 0.201 e. The fourth-order valence-electron chi connectivity index (χ4n) is 2.54. The maximum absolute atomic E-state index is 13.7. The molecule has 0 fully saturated rings. The number of imidazole rings is 1. The van der Waals surface area contributed by atoms with Gasteiger partial charge in [-0.15, -0.1) is 11.3 Å². The predicted octanol–water partition coefficient (Wildman–Crippen LogP) is 3.93. The summed E-state index contributed by atoms with van der Waals surface area (Å²) in [7, 11) is 0. The fraction of sp³-hybridized carbons (Fsp3) is 0.267. The number of nitrogens with two attached hydrogens (primary N) is 1. The second kappa shape index (κ2) is 4.90. The number of halogens is 1. The number of nitrogens with zero attached hydrogens (tertiary/aromatic N) is 2. The number of aryl methyl sites for hydroxylation is 1. The van der Waals surface area contributed by atoms with Gasteiger partial charge in [-0.3, -0.25) is 0 Å². The first-order valence-corrected chi connectivity index (χ1v) is 7.35. The highest BCUT2D eigenvalue weighted by Crippen LogP contribution is 2.28. The molecule has 0 saturated heterocycles. The predicted molar refractivity (Wildman–Crippen MR) is 81.6 cm³/mol. The van der Waals surface area contributed by atoms with Crippen molar-refractivity contribution < 1.29 is 4.39 Å². The van der Waals surface area contributed by atoms with Crippen molar-refractivity contribution in [1.82, 2.24) is 9.55 Å². The van der Waals surface area contributed by atoms with Gasteiger partial charge >= 0.3 is 0 Å². The molecule has 0 aliphatic carbocycles. The summed E-state index contributed by atoms with van der Waals surface area (Å²) >= 11 is 1.78. The van der Waals surface area contributed by atoms with E-state index in [9.17, 15) is 4.39 Å². The Morgan fingerprint density at radius 1 is 1.35 bits per heavy atom. The van der Waals surface area contributed by atoms with Crippen molar-refractivity contribution in [1.29, 1.82) is 0 Å². The van der Waals surface area contributed by atoms with E-state index in [1.807, 2.05) is 10.6 Å². The number of aromatic nitrogens is 2. The van der Waals surface area contributed by atoms with E-state index in [2.05, 4.69) is 31.0 Å². The molecule has 0 aliphatic rings. The van der Waals surface area contributed by atoms with Crippen molar-refractivity contribution in [3.63, 3.8) is 0 Å². The molecule has 0 radical (unpaired) electrons. The molecular formula is C15H16FN3S. The number of rotatable bonds is 3. The van der Waals surface area contributed by atoms with Gasteiger partial charge in [-0.05, 0) is 38.1 Å². The summed E-state index contributed by atoms with van der Waals surface area (Å²) in [6.07, 6.45) is 0.866. The van der Waals surface area contributed by atoms with Crippen LogP contribution in [0.25, 0.3) is 11.0 Å². The molecule has 1 atom stereocenters. The standard InChI is InChI=1S/C15H16FN3S/c1-9(8-11-7-6-10(2)20-11)19-13-5-3-4-12(16)14(13)18-15(19)17/h3-7,9H,8H2,1-2H3,(H2,17,18). The topological polar surface area (TPSA) is 43.8 Å². The van der Waals surface area contributed by atoms with E-state index in [1.54, 1.807) is 17.4 Å². The molecule has 0 aliphatic heterocycles. The molecule has 0 amide bonds. The Balaban J connectivity index is 2.01. The van der Waals surface area contributed by atoms with Gasteiger partial charge in [0, 0.05) is 22.2 Å². The number of para-hydroxylation sites is 1. The minimum atomic E-state index is -0.327. The number of fused-ring (bicyclic) bond motifs is 1. The Bertz CT molecular complexity index is 760. The molecule has 3 aromatic rings. The number of hydrogen-bond donors (Lipinski definition) is 1. The Morgan fingerprint density at radius 3 is 2.85 bits per heavy atom. The van der Waals surface area contributed by atoms with Crippen molar-refractivity contribution in [2.75, 3.05) is 5.73 Å². The first-order valence-electron chi connectivity index (χ1n) is 6.53. The summed E-state index contributed by atoms with van der Waals surface area (Å²) in [6, 6.07) is 9.34. The second-order valence-electron chi connectivity index (χ2n) is 5.01. The van der Waals surface area contributed by atoms with E-state index in [-0.39, 0.29) is 11.9 Å². The van der Waals surface area contributed by atoms with E-state index < -0.39 is 0 Å². The maximum atomic E-state index is 13.7. The lowest BCUT2D eigenvalue weighted by Gasteiger charge is -2.15. The number of benzene rings is 1. The van der Waals surface area contributed by atoms with Crippen LogP contribution in [0.15, 0.2) is 30.3 Å². The molecule has 2 aromatic heterocycles. The van der Waals surface area contributed by atoms with Crippen LogP contribution in [0.4, 0.5) is 10.3 Å². The van der Waals surface area contributed by atoms with Gasteiger partial charge in [-0.1, -0.05) is 6.07 Å². The van der Waals surface area contributed by atoms with Crippen LogP contribution < -0.4 is 5.73 Å². The second-order valence-corrected chi connectivity index (χ2v) is 6.39. The fourth-order valence-corrected chi connectivity index (χ4v) is 3.55. The molecule has 3 nitrogen and oxygen atoms in total. The maximum Gasteiger partial charge on any atom is 0.201 e. The SMILES string of the molecule is Cc1ccc(CC(C)n2c(N)nc3c(F)cccc32)s1. The van der Waals surface area contributed by atoms with Gasteiger partial charge in [0.2, 0.25) is 5.95 Å². The molecule has 0 bridgehead atoms. The zero-order chi connectivity index (χ0) is 14.3. The third-order valence-electron chi connectivity index (χ3n) is 3.43. The number of hydrogen-bond acceptors (Lipinski definition) is 3. The van der Waals surface area contributed by atoms with E-state index in [0.29, 0.717) is 11.5 Å². The highest BCUT2D eigenvalue weighted by atomic mass is 32.1. The van der Waals surface area contributed by atoms with Crippen LogP contribution in [0, 0.1) is 12.7 Å². The van der Waals surface area contributed by atoms with Crippen LogP contribution in [0.1, 0.15) is 22.7 Å². The first-order chi connectivity index (χ1) is 9.56. The van der Waals surface area contributed by atoms with Gasteiger partial charge in [0.05, 0.1) is 5.52 Å². The third-order valence-corrected chi connectivity index (χ3v) is 4.45. The van der Waals surface area contributed by atoms with E-state index in [0.717, 1.165) is 11.9 Å². The number of thiophene rings is 1. The van der Waals surface area contributed by atoms with Crippen molar-refractivity contribution in [3.05, 3.63) is 45.9 Å². The average molecular weight is 289 g/mol. The Labute approximate surface area is 120 Å². The highest BCUT2D eigenvalue weighted by molar-refractivity contribution is 7.11. The first kappa shape index (κ1) is 13.1. The minimum Gasteiger partial charge on any atom is -0.369 e. The number of nitrogen functional groups attached to an aromatic ring is 1. The summed E-state index contributed by atoms with van der Waals surface area (Å²) in [4.78, 5) is 6.74. The minimum absolute atomic E-state index is 0.139. The van der Waals surface area contributed by atoms with Gasteiger partial charge in [-0.2, -0.15) is 0 Å². The van der Waals surface area contributed by atoms with Crippen LogP contribution in [-0.2, 0) is 6.42 Å². The van der Waals surface area contributed by atoms with E-state index in [1.165, 1.54) is 15.8 Å². The lowest BCUT2D eigenvalue weighted by Crippen LogP contribution is -2.10. The molecule has 104 valence electrons. The van der Waals surface area contributed by atoms with E-state index >= 15 is 0 Å². The van der Waals surface area contributed by atoms with Crippen LogP contribution in [0.5, 0.6) is 0 Å². The van der Waals surface area contributed by atoms with Crippen molar-refractivity contribution in [2.45, 2.75) is 26.3 Å². The van der Waals surface area contributed by atoms with Crippen molar-refractivity contribution in [3.8, 4) is 0 Å². The molecule has 0 spiro atoms. The summed E-state index contributed by atoms with van der Waals surface area (Å²) in [5.74, 6) is 0.0398. The molecule has 1 aromatic carbocycles. The lowest BCUT2D eigenvalue weighted by atomic mass is 10.2. The Morgan fingerprint density at radius 2 is 2.15 bits per heavy atom. The molecule has 20 heavy (non-hydrogen) atoms. The van der Waals surface area contributed by atoms with Crippen molar-refractivity contribution in [2.24, 2.45) is 0 Å². The molecular weight excluding hydrogens is 273 g/mol. The van der Waals surface area contributed by atoms with Crippen LogP contribution in [0.3, 0.4) is 0 Å². The quantitative estimate of drug-likeness (QED) is 0.794. The largest absolute Gasteiger partial charge is 0.369 e. The van der Waals surface area contributed by atoms with Gasteiger partial charge in [-0.25, -0.2) is 9.37 Å².